The van der Waals surface area contributed by atoms with Crippen LogP contribution in [0.2, 0.25) is 0 Å². The van der Waals surface area contributed by atoms with E-state index in [1.165, 1.54) is 12.1 Å². The monoisotopic (exact) mass is 295 g/mol. The van der Waals surface area contributed by atoms with Gasteiger partial charge in [-0.3, -0.25) is 0 Å². The molecular weight excluding hydrogens is 276 g/mol. The van der Waals surface area contributed by atoms with Crippen LogP contribution in [0.1, 0.15) is 19.7 Å². The van der Waals surface area contributed by atoms with E-state index in [1.54, 1.807) is 18.3 Å². The van der Waals surface area contributed by atoms with Gasteiger partial charge in [0, 0.05) is 19.0 Å². The zero-order valence-electron chi connectivity index (χ0n) is 12.1. The fourth-order valence-corrected chi connectivity index (χ4v) is 1.93. The number of aromatic nitrogens is 2. The summed E-state index contributed by atoms with van der Waals surface area (Å²) < 4.78 is 28.5. The predicted octanol–water partition coefficient (Wildman–Crippen LogP) is 3.22. The molecule has 2 N–H and O–H groups in total. The molecule has 0 aliphatic rings. The molecule has 2 rings (SSSR count). The molecule has 0 saturated heterocycles. The summed E-state index contributed by atoms with van der Waals surface area (Å²) in [6.45, 7) is 2.24. The van der Waals surface area contributed by atoms with Gasteiger partial charge >= 0.3 is 6.61 Å². The van der Waals surface area contributed by atoms with Crippen LogP contribution < -0.4 is 10.1 Å². The fourth-order valence-electron chi connectivity index (χ4n) is 1.93. The van der Waals surface area contributed by atoms with Crippen LogP contribution >= 0.6 is 0 Å². The second-order valence-electron chi connectivity index (χ2n) is 5.01. The van der Waals surface area contributed by atoms with E-state index in [0.717, 1.165) is 30.0 Å². The minimum absolute atomic E-state index is 0.148. The van der Waals surface area contributed by atoms with Gasteiger partial charge in [-0.25, -0.2) is 4.98 Å². The average Bonchev–Trinajstić information content (AvgIpc) is 2.87. The molecule has 0 amide bonds. The van der Waals surface area contributed by atoms with Crippen LogP contribution in [0.4, 0.5) is 8.78 Å². The molecule has 0 atom stereocenters. The van der Waals surface area contributed by atoms with Gasteiger partial charge in [-0.1, -0.05) is 13.8 Å². The zero-order chi connectivity index (χ0) is 15.2. The molecule has 4 nitrogen and oxygen atoms in total. The lowest BCUT2D eigenvalue weighted by molar-refractivity contribution is -0.0498. The van der Waals surface area contributed by atoms with Crippen molar-refractivity contribution in [2.24, 2.45) is 0 Å². The molecule has 0 aliphatic carbocycles. The van der Waals surface area contributed by atoms with Crippen LogP contribution in [-0.2, 0) is 6.42 Å². The van der Waals surface area contributed by atoms with E-state index in [2.05, 4.69) is 33.9 Å². The number of benzene rings is 1. The Hall–Kier alpha value is -1.95. The summed E-state index contributed by atoms with van der Waals surface area (Å²) in [6, 6.07) is 6.93. The maximum absolute atomic E-state index is 12.1. The molecule has 2 aromatic rings. The first-order chi connectivity index (χ1) is 10.0. The Morgan fingerprint density at radius 1 is 1.24 bits per heavy atom. The quantitative estimate of drug-likeness (QED) is 0.824. The first-order valence-corrected chi connectivity index (χ1v) is 6.87. The van der Waals surface area contributed by atoms with E-state index < -0.39 is 6.61 Å². The second kappa shape index (κ2) is 7.17. The summed E-state index contributed by atoms with van der Waals surface area (Å²) in [5.74, 6) is 1.04. The number of alkyl halides is 2. The van der Waals surface area contributed by atoms with Crippen molar-refractivity contribution in [3.8, 4) is 17.0 Å². The molecule has 0 spiro atoms. The zero-order valence-corrected chi connectivity index (χ0v) is 12.1. The smallest absolute Gasteiger partial charge is 0.387 e. The minimum Gasteiger partial charge on any atom is -0.435 e. The van der Waals surface area contributed by atoms with Crippen LogP contribution in [0.3, 0.4) is 0 Å². The van der Waals surface area contributed by atoms with Gasteiger partial charge in [0.05, 0.1) is 11.9 Å². The Bertz CT molecular complexity index is 552. The normalized spacial score (nSPS) is 11.3. The van der Waals surface area contributed by atoms with Gasteiger partial charge in [-0.2, -0.15) is 8.78 Å². The highest BCUT2D eigenvalue weighted by atomic mass is 19.3. The molecular formula is C15H19F2N3O. The number of hydrogen-bond donors (Lipinski definition) is 2. The summed E-state index contributed by atoms with van der Waals surface area (Å²) in [5, 5.41) is 3.32. The van der Waals surface area contributed by atoms with Crippen molar-refractivity contribution < 1.29 is 13.5 Å². The first kappa shape index (κ1) is 15.4. The third-order valence-corrected chi connectivity index (χ3v) is 2.93. The van der Waals surface area contributed by atoms with E-state index >= 15 is 0 Å². The van der Waals surface area contributed by atoms with Crippen LogP contribution in [0.5, 0.6) is 5.75 Å². The minimum atomic E-state index is -2.80. The van der Waals surface area contributed by atoms with Crippen molar-refractivity contribution >= 4 is 0 Å². The number of rotatable bonds is 7. The van der Waals surface area contributed by atoms with E-state index in [1.807, 2.05) is 0 Å². The molecule has 1 aromatic carbocycles. The SMILES string of the molecule is CC(C)NCCc1ncc(-c2ccc(OC(F)F)cc2)[nH]1. The van der Waals surface area contributed by atoms with E-state index in [9.17, 15) is 8.78 Å². The second-order valence-corrected chi connectivity index (χ2v) is 5.01. The van der Waals surface area contributed by atoms with Crippen molar-refractivity contribution in [3.05, 3.63) is 36.3 Å². The molecule has 0 saturated carbocycles. The number of H-pyrrole nitrogens is 1. The van der Waals surface area contributed by atoms with Crippen LogP contribution in [0.25, 0.3) is 11.3 Å². The number of ether oxygens (including phenoxy) is 1. The first-order valence-electron chi connectivity index (χ1n) is 6.87. The lowest BCUT2D eigenvalue weighted by Gasteiger charge is -2.06. The number of aromatic amines is 1. The summed E-state index contributed by atoms with van der Waals surface area (Å²) in [6.07, 6.45) is 2.55. The third-order valence-electron chi connectivity index (χ3n) is 2.93. The number of hydrogen-bond acceptors (Lipinski definition) is 3. The van der Waals surface area contributed by atoms with Gasteiger partial charge in [0.15, 0.2) is 0 Å². The Labute approximate surface area is 122 Å². The molecule has 0 unspecified atom stereocenters. The maximum Gasteiger partial charge on any atom is 0.387 e. The molecule has 6 heteroatoms. The number of imidazole rings is 1. The lowest BCUT2D eigenvalue weighted by Crippen LogP contribution is -2.25. The van der Waals surface area contributed by atoms with Gasteiger partial charge < -0.3 is 15.0 Å². The number of halogens is 2. The lowest BCUT2D eigenvalue weighted by atomic mass is 10.2. The third kappa shape index (κ3) is 4.82. The molecule has 0 bridgehead atoms. The molecule has 0 radical (unpaired) electrons. The standard InChI is InChI=1S/C15H19F2N3O/c1-10(2)18-8-7-14-19-9-13(20-14)11-3-5-12(6-4-11)21-15(16)17/h3-6,9-10,15,18H,7-8H2,1-2H3,(H,19,20). The van der Waals surface area contributed by atoms with Crippen molar-refractivity contribution in [1.29, 1.82) is 0 Å². The average molecular weight is 295 g/mol. The van der Waals surface area contributed by atoms with Gasteiger partial charge in [-0.15, -0.1) is 0 Å². The Morgan fingerprint density at radius 3 is 2.57 bits per heavy atom. The Morgan fingerprint density at radius 2 is 1.95 bits per heavy atom. The molecule has 0 fully saturated rings. The van der Waals surface area contributed by atoms with Gasteiger partial charge in [0.2, 0.25) is 0 Å². The Kier molecular flexibility index (Phi) is 5.27. The van der Waals surface area contributed by atoms with Crippen LogP contribution in [-0.4, -0.2) is 29.2 Å². The molecule has 114 valence electrons. The number of nitrogens with zero attached hydrogens (tertiary/aromatic N) is 1. The van der Waals surface area contributed by atoms with Crippen molar-refractivity contribution in [1.82, 2.24) is 15.3 Å². The molecule has 0 aliphatic heterocycles. The molecule has 1 heterocycles. The predicted molar refractivity (Wildman–Crippen MR) is 77.5 cm³/mol. The van der Waals surface area contributed by atoms with E-state index in [0.29, 0.717) is 6.04 Å². The summed E-state index contributed by atoms with van der Waals surface area (Å²) >= 11 is 0. The van der Waals surface area contributed by atoms with Crippen LogP contribution in [0.15, 0.2) is 30.5 Å². The van der Waals surface area contributed by atoms with Gasteiger partial charge in [0.25, 0.3) is 0 Å². The summed E-state index contributed by atoms with van der Waals surface area (Å²) in [7, 11) is 0. The Balaban J connectivity index is 1.97. The van der Waals surface area contributed by atoms with Crippen molar-refractivity contribution in [2.45, 2.75) is 32.9 Å². The highest BCUT2D eigenvalue weighted by Crippen LogP contribution is 2.21. The van der Waals surface area contributed by atoms with Crippen molar-refractivity contribution in [2.75, 3.05) is 6.54 Å². The highest BCUT2D eigenvalue weighted by Gasteiger charge is 2.06. The largest absolute Gasteiger partial charge is 0.435 e. The van der Waals surface area contributed by atoms with E-state index in [4.69, 9.17) is 0 Å². The molecule has 1 aromatic heterocycles. The van der Waals surface area contributed by atoms with Crippen molar-refractivity contribution in [3.63, 3.8) is 0 Å². The van der Waals surface area contributed by atoms with E-state index in [-0.39, 0.29) is 5.75 Å². The summed E-state index contributed by atoms with van der Waals surface area (Å²) in [4.78, 5) is 7.54. The summed E-state index contributed by atoms with van der Waals surface area (Å²) in [5.41, 5.74) is 1.74. The highest BCUT2D eigenvalue weighted by molar-refractivity contribution is 5.59. The fraction of sp³-hybridized carbons (Fsp3) is 0.400. The number of nitrogens with one attached hydrogen (secondary N) is 2. The topological polar surface area (TPSA) is 49.9 Å². The molecule has 21 heavy (non-hydrogen) atoms. The van der Waals surface area contributed by atoms with Gasteiger partial charge in [0.1, 0.15) is 11.6 Å². The van der Waals surface area contributed by atoms with Gasteiger partial charge in [-0.05, 0) is 29.8 Å². The van der Waals surface area contributed by atoms with Crippen LogP contribution in [0, 0.1) is 0 Å². The maximum atomic E-state index is 12.1.